The summed E-state index contributed by atoms with van der Waals surface area (Å²) in [7, 11) is 0. The second-order valence-electron chi connectivity index (χ2n) is 7.38. The first-order chi connectivity index (χ1) is 15.0. The van der Waals surface area contributed by atoms with Crippen LogP contribution in [0.1, 0.15) is 27.1 Å². The van der Waals surface area contributed by atoms with Gasteiger partial charge in [0.1, 0.15) is 17.4 Å². The molecule has 1 fully saturated rings. The average Bonchev–Trinajstić information content (AvgIpc) is 2.91. The Balaban J connectivity index is 1.66. The molecular weight excluding hydrogens is 437 g/mol. The predicted molar refractivity (Wildman–Crippen MR) is 105 cm³/mol. The van der Waals surface area contributed by atoms with Crippen LogP contribution in [0.5, 0.6) is 5.75 Å². The molecule has 6 nitrogen and oxygen atoms in total. The number of aromatic hydroxyl groups is 1. The second kappa shape index (κ2) is 9.51. The van der Waals surface area contributed by atoms with Gasteiger partial charge in [-0.1, -0.05) is 0 Å². The maximum absolute atomic E-state index is 13.3. The van der Waals surface area contributed by atoms with Crippen molar-refractivity contribution in [1.29, 1.82) is 0 Å². The van der Waals surface area contributed by atoms with E-state index in [9.17, 15) is 36.6 Å². The smallest absolute Gasteiger partial charge is 0.401 e. The number of halogens is 5. The number of rotatable bonds is 4. The summed E-state index contributed by atoms with van der Waals surface area (Å²) in [4.78, 5) is 27.5. The van der Waals surface area contributed by atoms with E-state index in [-0.39, 0.29) is 43.0 Å². The molecule has 0 aromatic heterocycles. The fraction of sp³-hybridized carbons (Fsp3) is 0.333. The molecule has 2 aromatic rings. The second-order valence-corrected chi connectivity index (χ2v) is 7.38. The Hall–Kier alpha value is -3.21. The SMILES string of the molecule is O=C(Nc1ccc(C(=O)N2CCCN(CC(F)(F)F)CC2)c(O)c1)c1cc(F)cc(F)c1. The summed E-state index contributed by atoms with van der Waals surface area (Å²) < 4.78 is 64.4. The van der Waals surface area contributed by atoms with Crippen LogP contribution in [0.15, 0.2) is 36.4 Å². The molecule has 1 saturated heterocycles. The number of hydrogen-bond donors (Lipinski definition) is 2. The summed E-state index contributed by atoms with van der Waals surface area (Å²) in [6.45, 7) is -0.511. The standard InChI is InChI=1S/C21H20F5N3O3/c22-14-8-13(9-15(23)10-14)19(31)27-16-2-3-17(18(30)11-16)20(32)29-5-1-4-28(6-7-29)12-21(24,25)26/h2-3,8-11,30H,1,4-7,12H2,(H,27,31). The van der Waals surface area contributed by atoms with Crippen molar-refractivity contribution in [3.8, 4) is 5.75 Å². The van der Waals surface area contributed by atoms with Crippen molar-refractivity contribution in [2.45, 2.75) is 12.6 Å². The molecular formula is C21H20F5N3O3. The minimum absolute atomic E-state index is 0.0460. The van der Waals surface area contributed by atoms with Gasteiger partial charge >= 0.3 is 6.18 Å². The molecule has 2 aromatic carbocycles. The first kappa shape index (κ1) is 23.5. The van der Waals surface area contributed by atoms with Gasteiger partial charge in [-0.05, 0) is 30.7 Å². The number of alkyl halides is 3. The fourth-order valence-corrected chi connectivity index (χ4v) is 3.43. The number of hydrogen-bond acceptors (Lipinski definition) is 4. The molecule has 172 valence electrons. The largest absolute Gasteiger partial charge is 0.507 e. The van der Waals surface area contributed by atoms with E-state index >= 15 is 0 Å². The van der Waals surface area contributed by atoms with Crippen molar-refractivity contribution >= 4 is 17.5 Å². The molecule has 11 heteroatoms. The third-order valence-electron chi connectivity index (χ3n) is 4.89. The topological polar surface area (TPSA) is 72.9 Å². The summed E-state index contributed by atoms with van der Waals surface area (Å²) in [5, 5.41) is 12.6. The van der Waals surface area contributed by atoms with Crippen molar-refractivity contribution in [2.24, 2.45) is 0 Å². The maximum Gasteiger partial charge on any atom is 0.401 e. The molecule has 0 spiro atoms. The van der Waals surface area contributed by atoms with Gasteiger partial charge in [0.15, 0.2) is 0 Å². The maximum atomic E-state index is 13.3. The third-order valence-corrected chi connectivity index (χ3v) is 4.89. The van der Waals surface area contributed by atoms with E-state index in [1.807, 2.05) is 0 Å². The summed E-state index contributed by atoms with van der Waals surface area (Å²) in [6.07, 6.45) is -3.98. The van der Waals surface area contributed by atoms with Crippen LogP contribution in [0.3, 0.4) is 0 Å². The molecule has 1 aliphatic heterocycles. The lowest BCUT2D eigenvalue weighted by Crippen LogP contribution is -2.38. The van der Waals surface area contributed by atoms with E-state index < -0.39 is 41.9 Å². The first-order valence-corrected chi connectivity index (χ1v) is 9.71. The van der Waals surface area contributed by atoms with Gasteiger partial charge < -0.3 is 15.3 Å². The Kier molecular flexibility index (Phi) is 6.97. The van der Waals surface area contributed by atoms with Gasteiger partial charge in [-0.2, -0.15) is 13.2 Å². The molecule has 0 unspecified atom stereocenters. The highest BCUT2D eigenvalue weighted by Gasteiger charge is 2.32. The Bertz CT molecular complexity index is 992. The number of carbonyl (C=O) groups is 2. The molecule has 0 saturated carbocycles. The van der Waals surface area contributed by atoms with Gasteiger partial charge in [0, 0.05) is 49.6 Å². The number of amides is 2. The van der Waals surface area contributed by atoms with Crippen LogP contribution >= 0.6 is 0 Å². The molecule has 0 bridgehead atoms. The van der Waals surface area contributed by atoms with Crippen LogP contribution in [0.4, 0.5) is 27.6 Å². The zero-order chi connectivity index (χ0) is 23.5. The van der Waals surface area contributed by atoms with E-state index in [4.69, 9.17) is 0 Å². The minimum Gasteiger partial charge on any atom is -0.507 e. The lowest BCUT2D eigenvalue weighted by atomic mass is 10.1. The van der Waals surface area contributed by atoms with Gasteiger partial charge in [-0.25, -0.2) is 8.78 Å². The van der Waals surface area contributed by atoms with Crippen molar-refractivity contribution in [3.05, 3.63) is 59.2 Å². The number of phenolic OH excluding ortho intramolecular Hbond substituents is 1. The van der Waals surface area contributed by atoms with Gasteiger partial charge in [0.25, 0.3) is 11.8 Å². The van der Waals surface area contributed by atoms with Gasteiger partial charge in [-0.15, -0.1) is 0 Å². The van der Waals surface area contributed by atoms with Crippen molar-refractivity contribution < 1.29 is 36.6 Å². The molecule has 0 radical (unpaired) electrons. The van der Waals surface area contributed by atoms with Crippen LogP contribution in [0.25, 0.3) is 0 Å². The van der Waals surface area contributed by atoms with Gasteiger partial charge in [0.2, 0.25) is 0 Å². The van der Waals surface area contributed by atoms with E-state index in [2.05, 4.69) is 5.32 Å². The van der Waals surface area contributed by atoms with Gasteiger partial charge in [0.05, 0.1) is 12.1 Å². The summed E-state index contributed by atoms with van der Waals surface area (Å²) >= 11 is 0. The highest BCUT2D eigenvalue weighted by Crippen LogP contribution is 2.25. The normalized spacial score (nSPS) is 15.3. The van der Waals surface area contributed by atoms with Crippen molar-refractivity contribution in [1.82, 2.24) is 9.80 Å². The lowest BCUT2D eigenvalue weighted by molar-refractivity contribution is -0.145. The zero-order valence-electron chi connectivity index (χ0n) is 16.8. The number of phenols is 1. The Morgan fingerprint density at radius 1 is 0.969 bits per heavy atom. The first-order valence-electron chi connectivity index (χ1n) is 9.71. The number of nitrogens with one attached hydrogen (secondary N) is 1. The number of benzene rings is 2. The Morgan fingerprint density at radius 2 is 1.66 bits per heavy atom. The molecule has 32 heavy (non-hydrogen) atoms. The highest BCUT2D eigenvalue weighted by atomic mass is 19.4. The highest BCUT2D eigenvalue weighted by molar-refractivity contribution is 6.05. The van der Waals surface area contributed by atoms with Gasteiger partial charge in [-0.3, -0.25) is 14.5 Å². The summed E-state index contributed by atoms with van der Waals surface area (Å²) in [5.41, 5.74) is -0.264. The molecule has 0 aliphatic carbocycles. The molecule has 2 amide bonds. The predicted octanol–water partition coefficient (Wildman–Crippen LogP) is 3.63. The molecule has 3 rings (SSSR count). The zero-order valence-corrected chi connectivity index (χ0v) is 16.8. The molecule has 2 N–H and O–H groups in total. The summed E-state index contributed by atoms with van der Waals surface area (Å²) in [6, 6.07) is 6.00. The molecule has 1 aliphatic rings. The minimum atomic E-state index is -4.32. The van der Waals surface area contributed by atoms with Crippen LogP contribution in [-0.2, 0) is 0 Å². The van der Waals surface area contributed by atoms with Crippen LogP contribution in [-0.4, -0.2) is 65.6 Å². The van der Waals surface area contributed by atoms with Crippen molar-refractivity contribution in [3.63, 3.8) is 0 Å². The van der Waals surface area contributed by atoms with Crippen LogP contribution in [0, 0.1) is 11.6 Å². The number of nitrogens with zero attached hydrogens (tertiary/aromatic N) is 2. The third kappa shape index (κ3) is 6.16. The lowest BCUT2D eigenvalue weighted by Gasteiger charge is -2.23. The van der Waals surface area contributed by atoms with Crippen molar-refractivity contribution in [2.75, 3.05) is 38.0 Å². The molecule has 0 atom stereocenters. The van der Waals surface area contributed by atoms with Crippen LogP contribution in [0.2, 0.25) is 0 Å². The van der Waals surface area contributed by atoms with E-state index in [0.29, 0.717) is 12.5 Å². The van der Waals surface area contributed by atoms with E-state index in [1.165, 1.54) is 21.9 Å². The van der Waals surface area contributed by atoms with E-state index in [1.54, 1.807) is 0 Å². The number of anilines is 1. The average molecular weight is 457 g/mol. The number of carbonyl (C=O) groups excluding carboxylic acids is 2. The van der Waals surface area contributed by atoms with Crippen LogP contribution < -0.4 is 5.32 Å². The summed E-state index contributed by atoms with van der Waals surface area (Å²) in [5.74, 6) is -3.68. The molecule has 1 heterocycles. The fourth-order valence-electron chi connectivity index (χ4n) is 3.43. The van der Waals surface area contributed by atoms with E-state index in [0.717, 1.165) is 18.2 Å². The Labute approximate surface area is 180 Å². The monoisotopic (exact) mass is 457 g/mol. The quantitative estimate of drug-likeness (QED) is 0.688. The Morgan fingerprint density at radius 3 is 2.28 bits per heavy atom.